The highest BCUT2D eigenvalue weighted by molar-refractivity contribution is 5.79. The molecule has 5 nitrogen and oxygen atoms in total. The largest absolute Gasteiger partial charge is 0.379 e. The fraction of sp³-hybridized carbons (Fsp3) is 0.929. The molecule has 0 saturated carbocycles. The zero-order chi connectivity index (χ0) is 13.9. The van der Waals surface area contributed by atoms with E-state index >= 15 is 0 Å². The molecule has 1 atom stereocenters. The maximum absolute atomic E-state index is 5.34. The molecule has 0 aromatic rings. The van der Waals surface area contributed by atoms with E-state index in [-0.39, 0.29) is 0 Å². The van der Waals surface area contributed by atoms with E-state index in [1.54, 1.807) is 0 Å². The summed E-state index contributed by atoms with van der Waals surface area (Å²) < 4.78 is 5.34. The van der Waals surface area contributed by atoms with Gasteiger partial charge in [0.25, 0.3) is 0 Å². The third-order valence-corrected chi connectivity index (χ3v) is 3.52. The summed E-state index contributed by atoms with van der Waals surface area (Å²) in [6.45, 7) is 10.5. The molecule has 0 amide bonds. The number of ether oxygens (including phenoxy) is 1. The Bertz CT molecular complexity index is 252. The van der Waals surface area contributed by atoms with Crippen molar-refractivity contribution in [3.63, 3.8) is 0 Å². The molecule has 1 aliphatic heterocycles. The summed E-state index contributed by atoms with van der Waals surface area (Å²) in [7, 11) is 1.82. The van der Waals surface area contributed by atoms with Crippen molar-refractivity contribution in [1.29, 1.82) is 0 Å². The van der Waals surface area contributed by atoms with Crippen molar-refractivity contribution in [2.24, 2.45) is 4.99 Å². The first-order chi connectivity index (χ1) is 9.26. The highest BCUT2D eigenvalue weighted by atomic mass is 16.5. The number of unbranched alkanes of at least 4 members (excludes halogenated alkanes) is 1. The van der Waals surface area contributed by atoms with E-state index in [4.69, 9.17) is 4.74 Å². The summed E-state index contributed by atoms with van der Waals surface area (Å²) in [6.07, 6.45) is 3.52. The van der Waals surface area contributed by atoms with E-state index in [9.17, 15) is 0 Å². The molecule has 5 heteroatoms. The molecule has 0 bridgehead atoms. The van der Waals surface area contributed by atoms with Crippen LogP contribution in [-0.4, -0.2) is 63.3 Å². The molecule has 0 aromatic heterocycles. The Labute approximate surface area is 117 Å². The standard InChI is InChI=1S/C14H30N4O/c1-4-13(2)17-14(15-3)16-7-5-6-8-18-9-11-19-12-10-18/h13H,4-12H2,1-3H3,(H2,15,16,17). The number of morpholine rings is 1. The van der Waals surface area contributed by atoms with E-state index < -0.39 is 0 Å². The fourth-order valence-electron chi connectivity index (χ4n) is 2.02. The lowest BCUT2D eigenvalue weighted by atomic mass is 10.2. The van der Waals surface area contributed by atoms with Crippen molar-refractivity contribution in [1.82, 2.24) is 15.5 Å². The predicted octanol–water partition coefficient (Wildman–Crippen LogP) is 1.06. The third-order valence-electron chi connectivity index (χ3n) is 3.52. The first kappa shape index (κ1) is 16.2. The van der Waals surface area contributed by atoms with Gasteiger partial charge in [0.05, 0.1) is 13.2 Å². The number of aliphatic imine (C=N–C) groups is 1. The first-order valence-electron chi connectivity index (χ1n) is 7.53. The maximum Gasteiger partial charge on any atom is 0.191 e. The zero-order valence-corrected chi connectivity index (χ0v) is 12.7. The van der Waals surface area contributed by atoms with E-state index in [1.165, 1.54) is 19.4 Å². The van der Waals surface area contributed by atoms with Crippen LogP contribution < -0.4 is 10.6 Å². The van der Waals surface area contributed by atoms with Gasteiger partial charge in [-0.05, 0) is 32.7 Å². The van der Waals surface area contributed by atoms with Gasteiger partial charge in [0.15, 0.2) is 5.96 Å². The quantitative estimate of drug-likeness (QED) is 0.413. The van der Waals surface area contributed by atoms with Gasteiger partial charge in [0, 0.05) is 32.7 Å². The van der Waals surface area contributed by atoms with Gasteiger partial charge in [-0.2, -0.15) is 0 Å². The van der Waals surface area contributed by atoms with Gasteiger partial charge in [0.1, 0.15) is 0 Å². The Balaban J connectivity index is 2.02. The molecule has 1 fully saturated rings. The molecule has 112 valence electrons. The minimum Gasteiger partial charge on any atom is -0.379 e. The molecule has 1 unspecified atom stereocenters. The summed E-state index contributed by atoms with van der Waals surface area (Å²) >= 11 is 0. The Morgan fingerprint density at radius 3 is 2.68 bits per heavy atom. The monoisotopic (exact) mass is 270 g/mol. The number of nitrogens with one attached hydrogen (secondary N) is 2. The van der Waals surface area contributed by atoms with Crippen LogP contribution in [0.5, 0.6) is 0 Å². The Morgan fingerprint density at radius 2 is 2.05 bits per heavy atom. The van der Waals surface area contributed by atoms with E-state index in [2.05, 4.69) is 34.4 Å². The van der Waals surface area contributed by atoms with Crippen LogP contribution in [0.3, 0.4) is 0 Å². The molecule has 19 heavy (non-hydrogen) atoms. The summed E-state index contributed by atoms with van der Waals surface area (Å²) in [6, 6.07) is 0.472. The van der Waals surface area contributed by atoms with Gasteiger partial charge in [-0.15, -0.1) is 0 Å². The minimum atomic E-state index is 0.472. The Hall–Kier alpha value is -0.810. The Morgan fingerprint density at radius 1 is 1.32 bits per heavy atom. The number of hydrogen-bond donors (Lipinski definition) is 2. The number of nitrogens with zero attached hydrogens (tertiary/aromatic N) is 2. The first-order valence-corrected chi connectivity index (χ1v) is 7.53. The Kier molecular flexibility index (Phi) is 8.58. The average Bonchev–Trinajstić information content (AvgIpc) is 2.46. The van der Waals surface area contributed by atoms with Crippen molar-refractivity contribution in [2.45, 2.75) is 39.2 Å². The van der Waals surface area contributed by atoms with Gasteiger partial charge >= 0.3 is 0 Å². The topological polar surface area (TPSA) is 48.9 Å². The van der Waals surface area contributed by atoms with Crippen molar-refractivity contribution in [3.05, 3.63) is 0 Å². The second-order valence-electron chi connectivity index (χ2n) is 5.11. The minimum absolute atomic E-state index is 0.472. The summed E-state index contributed by atoms with van der Waals surface area (Å²) in [5.41, 5.74) is 0. The zero-order valence-electron chi connectivity index (χ0n) is 12.7. The maximum atomic E-state index is 5.34. The van der Waals surface area contributed by atoms with Gasteiger partial charge in [-0.1, -0.05) is 6.92 Å². The fourth-order valence-corrected chi connectivity index (χ4v) is 2.02. The SMILES string of the molecule is CCC(C)NC(=NC)NCCCCN1CCOCC1. The average molecular weight is 270 g/mol. The van der Waals surface area contributed by atoms with Gasteiger partial charge in [0.2, 0.25) is 0 Å². The summed E-state index contributed by atoms with van der Waals surface area (Å²) in [4.78, 5) is 6.71. The van der Waals surface area contributed by atoms with Crippen LogP contribution in [0.4, 0.5) is 0 Å². The van der Waals surface area contributed by atoms with Crippen LogP contribution in [0, 0.1) is 0 Å². The molecule has 0 aliphatic carbocycles. The lowest BCUT2D eigenvalue weighted by molar-refractivity contribution is 0.0372. The van der Waals surface area contributed by atoms with Crippen LogP contribution in [0.15, 0.2) is 4.99 Å². The summed E-state index contributed by atoms with van der Waals surface area (Å²) in [5, 5.41) is 6.74. The van der Waals surface area contributed by atoms with Crippen LogP contribution in [0.1, 0.15) is 33.1 Å². The molecule has 1 rings (SSSR count). The molecular weight excluding hydrogens is 240 g/mol. The van der Waals surface area contributed by atoms with Crippen LogP contribution in [0.25, 0.3) is 0 Å². The predicted molar refractivity (Wildman–Crippen MR) is 80.7 cm³/mol. The number of guanidine groups is 1. The van der Waals surface area contributed by atoms with E-state index in [0.717, 1.165) is 45.2 Å². The highest BCUT2D eigenvalue weighted by Crippen LogP contribution is 1.99. The second kappa shape index (κ2) is 10.0. The molecule has 1 saturated heterocycles. The van der Waals surface area contributed by atoms with Crippen LogP contribution >= 0.6 is 0 Å². The highest BCUT2D eigenvalue weighted by Gasteiger charge is 2.09. The molecular formula is C14H30N4O. The van der Waals surface area contributed by atoms with Crippen molar-refractivity contribution in [3.8, 4) is 0 Å². The smallest absolute Gasteiger partial charge is 0.191 e. The number of rotatable bonds is 7. The summed E-state index contributed by atoms with van der Waals surface area (Å²) in [5.74, 6) is 0.917. The van der Waals surface area contributed by atoms with E-state index in [0.29, 0.717) is 6.04 Å². The second-order valence-corrected chi connectivity index (χ2v) is 5.11. The van der Waals surface area contributed by atoms with Crippen molar-refractivity contribution < 1.29 is 4.74 Å². The van der Waals surface area contributed by atoms with Gasteiger partial charge in [-0.25, -0.2) is 0 Å². The molecule has 0 radical (unpaired) electrons. The molecule has 2 N–H and O–H groups in total. The molecule has 0 spiro atoms. The van der Waals surface area contributed by atoms with Gasteiger partial charge < -0.3 is 15.4 Å². The molecule has 1 aliphatic rings. The van der Waals surface area contributed by atoms with Gasteiger partial charge in [-0.3, -0.25) is 9.89 Å². The third kappa shape index (κ3) is 7.38. The lowest BCUT2D eigenvalue weighted by Crippen LogP contribution is -2.42. The normalized spacial score (nSPS) is 19.2. The van der Waals surface area contributed by atoms with Crippen LogP contribution in [0.2, 0.25) is 0 Å². The van der Waals surface area contributed by atoms with Crippen molar-refractivity contribution in [2.75, 3.05) is 46.4 Å². The molecule has 0 aromatic carbocycles. The van der Waals surface area contributed by atoms with Crippen molar-refractivity contribution >= 4 is 5.96 Å². The lowest BCUT2D eigenvalue weighted by Gasteiger charge is -2.26. The van der Waals surface area contributed by atoms with Crippen LogP contribution in [-0.2, 0) is 4.74 Å². The van der Waals surface area contributed by atoms with E-state index in [1.807, 2.05) is 7.05 Å². The number of hydrogen-bond acceptors (Lipinski definition) is 3. The molecule has 1 heterocycles.